The lowest BCUT2D eigenvalue weighted by Crippen LogP contribution is -2.45. The number of anilines is 1. The van der Waals surface area contributed by atoms with Crippen molar-refractivity contribution >= 4 is 17.5 Å². The van der Waals surface area contributed by atoms with Gasteiger partial charge in [0.2, 0.25) is 11.8 Å². The number of ether oxygens (including phenoxy) is 1. The first kappa shape index (κ1) is 20.5. The Labute approximate surface area is 175 Å². The SMILES string of the molecule is COCCN(C)CC(=O)N1CC[C@]2(C(=O)Nc3ccccc32)[C@@H]1c1ccc(F)cc1. The molecule has 1 saturated heterocycles. The van der Waals surface area contributed by atoms with E-state index < -0.39 is 11.5 Å². The van der Waals surface area contributed by atoms with Crippen LogP contribution in [-0.2, 0) is 19.7 Å². The second kappa shape index (κ2) is 8.16. The van der Waals surface area contributed by atoms with E-state index in [-0.39, 0.29) is 24.2 Å². The van der Waals surface area contributed by atoms with Gasteiger partial charge in [-0.05, 0) is 42.8 Å². The van der Waals surface area contributed by atoms with Gasteiger partial charge in [-0.1, -0.05) is 30.3 Å². The summed E-state index contributed by atoms with van der Waals surface area (Å²) in [6.07, 6.45) is 0.519. The minimum Gasteiger partial charge on any atom is -0.383 e. The third-order valence-electron chi connectivity index (χ3n) is 6.17. The van der Waals surface area contributed by atoms with Gasteiger partial charge in [-0.15, -0.1) is 0 Å². The number of rotatable bonds is 6. The lowest BCUT2D eigenvalue weighted by atomic mass is 9.72. The van der Waals surface area contributed by atoms with Crippen LogP contribution < -0.4 is 5.32 Å². The minimum absolute atomic E-state index is 0.0583. The molecule has 2 aromatic rings. The fraction of sp³-hybridized carbons (Fsp3) is 0.391. The molecule has 0 saturated carbocycles. The van der Waals surface area contributed by atoms with Crippen LogP contribution in [0.5, 0.6) is 0 Å². The predicted molar refractivity (Wildman–Crippen MR) is 112 cm³/mol. The second-order valence-electron chi connectivity index (χ2n) is 7.99. The quantitative estimate of drug-likeness (QED) is 0.794. The Bertz CT molecular complexity index is 949. The Balaban J connectivity index is 1.73. The number of nitrogens with one attached hydrogen (secondary N) is 1. The number of halogens is 1. The predicted octanol–water partition coefficient (Wildman–Crippen LogP) is 2.57. The van der Waals surface area contributed by atoms with Crippen molar-refractivity contribution < 1.29 is 18.7 Å². The largest absolute Gasteiger partial charge is 0.383 e. The van der Waals surface area contributed by atoms with Gasteiger partial charge in [-0.25, -0.2) is 4.39 Å². The number of nitrogens with zero attached hydrogens (tertiary/aromatic N) is 2. The van der Waals surface area contributed by atoms with Crippen LogP contribution in [0.15, 0.2) is 48.5 Å². The summed E-state index contributed by atoms with van der Waals surface area (Å²) in [6.45, 7) is 1.85. The smallest absolute Gasteiger partial charge is 0.237 e. The van der Waals surface area contributed by atoms with E-state index in [0.29, 0.717) is 26.1 Å². The number of carbonyl (C=O) groups excluding carboxylic acids is 2. The van der Waals surface area contributed by atoms with Gasteiger partial charge in [0.05, 0.1) is 19.2 Å². The number of amides is 2. The van der Waals surface area contributed by atoms with Crippen LogP contribution >= 0.6 is 0 Å². The number of para-hydroxylation sites is 1. The first-order chi connectivity index (χ1) is 14.5. The van der Waals surface area contributed by atoms with Gasteiger partial charge in [0.15, 0.2) is 0 Å². The van der Waals surface area contributed by atoms with Crippen LogP contribution in [0.4, 0.5) is 10.1 Å². The molecule has 2 aromatic carbocycles. The molecule has 0 radical (unpaired) electrons. The van der Waals surface area contributed by atoms with E-state index in [4.69, 9.17) is 4.74 Å². The van der Waals surface area contributed by atoms with Crippen molar-refractivity contribution in [2.24, 2.45) is 0 Å². The number of carbonyl (C=O) groups is 2. The zero-order chi connectivity index (χ0) is 21.3. The summed E-state index contributed by atoms with van der Waals surface area (Å²) >= 11 is 0. The molecular weight excluding hydrogens is 385 g/mol. The second-order valence-corrected chi connectivity index (χ2v) is 7.99. The summed E-state index contributed by atoms with van der Waals surface area (Å²) in [7, 11) is 3.49. The number of fused-ring (bicyclic) bond motifs is 2. The van der Waals surface area contributed by atoms with Gasteiger partial charge in [0.25, 0.3) is 0 Å². The van der Waals surface area contributed by atoms with Gasteiger partial charge < -0.3 is 15.0 Å². The maximum atomic E-state index is 13.6. The van der Waals surface area contributed by atoms with Gasteiger partial charge in [-0.3, -0.25) is 14.5 Å². The lowest BCUT2D eigenvalue weighted by Gasteiger charge is -2.35. The number of likely N-dealkylation sites (tertiary alicyclic amines) is 1. The van der Waals surface area contributed by atoms with Crippen molar-refractivity contribution in [3.8, 4) is 0 Å². The molecule has 2 heterocycles. The third-order valence-corrected chi connectivity index (χ3v) is 6.17. The summed E-state index contributed by atoms with van der Waals surface area (Å²) in [5.74, 6) is -0.516. The Morgan fingerprint density at radius 3 is 2.73 bits per heavy atom. The summed E-state index contributed by atoms with van der Waals surface area (Å²) in [6, 6.07) is 13.2. The highest BCUT2D eigenvalue weighted by atomic mass is 19.1. The first-order valence-corrected chi connectivity index (χ1v) is 10.1. The third kappa shape index (κ3) is 3.38. The Morgan fingerprint density at radius 1 is 1.27 bits per heavy atom. The number of benzene rings is 2. The van der Waals surface area contributed by atoms with Gasteiger partial charge >= 0.3 is 0 Å². The first-order valence-electron chi connectivity index (χ1n) is 10.1. The van der Waals surface area contributed by atoms with Crippen molar-refractivity contribution in [2.45, 2.75) is 17.9 Å². The zero-order valence-electron chi connectivity index (χ0n) is 17.2. The lowest BCUT2D eigenvalue weighted by molar-refractivity contribution is -0.134. The van der Waals surface area contributed by atoms with Crippen LogP contribution in [0, 0.1) is 5.82 Å². The van der Waals surface area contributed by atoms with E-state index in [1.54, 1.807) is 24.1 Å². The molecule has 1 N–H and O–H groups in total. The molecule has 0 aliphatic carbocycles. The van der Waals surface area contributed by atoms with Crippen molar-refractivity contribution in [1.29, 1.82) is 0 Å². The van der Waals surface area contributed by atoms with E-state index >= 15 is 0 Å². The summed E-state index contributed by atoms with van der Waals surface area (Å²) in [4.78, 5) is 30.2. The van der Waals surface area contributed by atoms with Crippen molar-refractivity contribution in [3.05, 3.63) is 65.5 Å². The van der Waals surface area contributed by atoms with E-state index in [2.05, 4.69) is 5.32 Å². The fourth-order valence-electron chi connectivity index (χ4n) is 4.71. The Hall–Kier alpha value is -2.77. The fourth-order valence-corrected chi connectivity index (χ4v) is 4.71. The average Bonchev–Trinajstić information content (AvgIpc) is 3.27. The molecule has 0 unspecified atom stereocenters. The van der Waals surface area contributed by atoms with Crippen molar-refractivity contribution in [3.63, 3.8) is 0 Å². The van der Waals surface area contributed by atoms with E-state index in [1.165, 1.54) is 12.1 Å². The molecule has 6 nitrogen and oxygen atoms in total. The highest BCUT2D eigenvalue weighted by Crippen LogP contribution is 2.54. The van der Waals surface area contributed by atoms with E-state index in [0.717, 1.165) is 16.8 Å². The van der Waals surface area contributed by atoms with E-state index in [1.807, 2.05) is 36.2 Å². The average molecular weight is 411 g/mol. The summed E-state index contributed by atoms with van der Waals surface area (Å²) in [5, 5.41) is 2.99. The number of likely N-dealkylation sites (N-methyl/N-ethyl adjacent to an activating group) is 1. The molecule has 2 aliphatic heterocycles. The van der Waals surface area contributed by atoms with Crippen molar-refractivity contribution in [1.82, 2.24) is 9.80 Å². The zero-order valence-corrected chi connectivity index (χ0v) is 17.2. The number of hydrogen-bond acceptors (Lipinski definition) is 4. The molecule has 4 rings (SSSR count). The van der Waals surface area contributed by atoms with E-state index in [9.17, 15) is 14.0 Å². The van der Waals surface area contributed by atoms with Gasteiger partial charge in [-0.2, -0.15) is 0 Å². The summed E-state index contributed by atoms with van der Waals surface area (Å²) < 4.78 is 18.7. The molecular formula is C23H26FN3O3. The molecule has 1 spiro atoms. The molecule has 2 aliphatic rings. The Kier molecular flexibility index (Phi) is 5.58. The highest BCUT2D eigenvalue weighted by Gasteiger charge is 2.59. The van der Waals surface area contributed by atoms with Crippen LogP contribution in [-0.4, -0.2) is 62.0 Å². The summed E-state index contributed by atoms with van der Waals surface area (Å²) in [5.41, 5.74) is 1.55. The van der Waals surface area contributed by atoms with Crippen LogP contribution in [0.25, 0.3) is 0 Å². The highest BCUT2D eigenvalue weighted by molar-refractivity contribution is 6.07. The maximum Gasteiger partial charge on any atom is 0.237 e. The molecule has 158 valence electrons. The number of hydrogen-bond donors (Lipinski definition) is 1. The molecule has 2 amide bonds. The van der Waals surface area contributed by atoms with Gasteiger partial charge in [0, 0.05) is 25.9 Å². The molecule has 1 fully saturated rings. The molecule has 0 bridgehead atoms. The topological polar surface area (TPSA) is 61.9 Å². The normalized spacial score (nSPS) is 22.6. The van der Waals surface area contributed by atoms with Crippen molar-refractivity contribution in [2.75, 3.05) is 45.7 Å². The maximum absolute atomic E-state index is 13.6. The standard InChI is InChI=1S/C23H26FN3O3/c1-26(13-14-30-2)15-20(28)27-12-11-23(21(27)16-7-9-17(24)10-8-16)18-5-3-4-6-19(18)25-22(23)29/h3-10,21H,11-15H2,1-2H3,(H,25,29)/t21-,23+/m0/s1. The van der Waals surface area contributed by atoms with Crippen LogP contribution in [0.2, 0.25) is 0 Å². The Morgan fingerprint density at radius 2 is 2.00 bits per heavy atom. The molecule has 30 heavy (non-hydrogen) atoms. The molecule has 7 heteroatoms. The monoisotopic (exact) mass is 411 g/mol. The van der Waals surface area contributed by atoms with Crippen LogP contribution in [0.3, 0.4) is 0 Å². The van der Waals surface area contributed by atoms with Crippen LogP contribution in [0.1, 0.15) is 23.6 Å². The van der Waals surface area contributed by atoms with Gasteiger partial charge in [0.1, 0.15) is 11.2 Å². The molecule has 2 atom stereocenters. The number of methoxy groups -OCH3 is 1. The minimum atomic E-state index is -0.880. The molecule has 0 aromatic heterocycles.